The van der Waals surface area contributed by atoms with Crippen LogP contribution in [0.1, 0.15) is 19.8 Å². The van der Waals surface area contributed by atoms with Crippen molar-refractivity contribution in [3.05, 3.63) is 23.9 Å². The van der Waals surface area contributed by atoms with E-state index >= 15 is 0 Å². The van der Waals surface area contributed by atoms with Gasteiger partial charge in [0, 0.05) is 12.1 Å². The molecule has 0 spiro atoms. The molecular weight excluding hydrogens is 186 g/mol. The Morgan fingerprint density at radius 3 is 2.93 bits per heavy atom. The fraction of sp³-hybridized carbons (Fsp3) is 0.500. The van der Waals surface area contributed by atoms with E-state index in [0.717, 1.165) is 25.1 Å². The lowest BCUT2D eigenvalue weighted by molar-refractivity contribution is 0.575. The molecule has 1 fully saturated rings. The molecule has 1 N–H and O–H groups in total. The van der Waals surface area contributed by atoms with Crippen LogP contribution < -0.4 is 5.32 Å². The van der Waals surface area contributed by atoms with Gasteiger partial charge in [-0.2, -0.15) is 0 Å². The predicted molar refractivity (Wildman–Crippen MR) is 50.0 cm³/mol. The summed E-state index contributed by atoms with van der Waals surface area (Å²) in [6, 6.07) is 1.16. The highest BCUT2D eigenvalue weighted by Crippen LogP contribution is 2.35. The molecule has 4 heteroatoms. The summed E-state index contributed by atoms with van der Waals surface area (Å²) in [6.07, 6.45) is 3.16. The Kier molecular flexibility index (Phi) is 2.35. The monoisotopic (exact) mass is 198 g/mol. The molecule has 1 saturated carbocycles. The van der Waals surface area contributed by atoms with Crippen LogP contribution in [0.25, 0.3) is 0 Å². The first-order valence-corrected chi connectivity index (χ1v) is 4.78. The van der Waals surface area contributed by atoms with Crippen LogP contribution in [0, 0.1) is 17.6 Å². The zero-order chi connectivity index (χ0) is 10.1. The van der Waals surface area contributed by atoms with Crippen molar-refractivity contribution < 1.29 is 8.78 Å². The van der Waals surface area contributed by atoms with Gasteiger partial charge in [-0.25, -0.2) is 13.8 Å². The van der Waals surface area contributed by atoms with E-state index in [2.05, 4.69) is 17.2 Å². The predicted octanol–water partition coefficient (Wildman–Crippen LogP) is 2.57. The number of nitrogens with zero attached hydrogens (tertiary/aromatic N) is 1. The molecule has 1 aromatic heterocycles. The molecule has 0 amide bonds. The summed E-state index contributed by atoms with van der Waals surface area (Å²) in [7, 11) is 0. The zero-order valence-electron chi connectivity index (χ0n) is 7.93. The molecule has 0 radical (unpaired) electrons. The molecule has 2 atom stereocenters. The molecule has 1 aromatic rings. The highest BCUT2D eigenvalue weighted by molar-refractivity contribution is 5.38. The number of hydrogen-bond acceptors (Lipinski definition) is 2. The standard InChI is InChI=1S/C10H12F2N2/c1-2-6-3-9(6)14-10-8(12)4-7(11)5-13-10/h4-6,9H,2-3H2,1H3,(H,13,14). The van der Waals surface area contributed by atoms with Gasteiger partial charge >= 0.3 is 0 Å². The van der Waals surface area contributed by atoms with Crippen LogP contribution in [0.3, 0.4) is 0 Å². The average molecular weight is 198 g/mol. The van der Waals surface area contributed by atoms with Crippen molar-refractivity contribution in [1.29, 1.82) is 0 Å². The minimum absolute atomic E-state index is 0.160. The maximum Gasteiger partial charge on any atom is 0.168 e. The Balaban J connectivity index is 2.03. The van der Waals surface area contributed by atoms with Gasteiger partial charge < -0.3 is 5.32 Å². The van der Waals surface area contributed by atoms with Gasteiger partial charge in [-0.3, -0.25) is 0 Å². The number of rotatable bonds is 3. The Labute approximate surface area is 81.4 Å². The van der Waals surface area contributed by atoms with Crippen molar-refractivity contribution in [3.8, 4) is 0 Å². The highest BCUT2D eigenvalue weighted by Gasteiger charge is 2.35. The first-order chi connectivity index (χ1) is 6.70. The summed E-state index contributed by atoms with van der Waals surface area (Å²) in [5.41, 5.74) is 0. The third-order valence-electron chi connectivity index (χ3n) is 2.58. The number of nitrogens with one attached hydrogen (secondary N) is 1. The Morgan fingerprint density at radius 2 is 2.36 bits per heavy atom. The smallest absolute Gasteiger partial charge is 0.168 e. The zero-order valence-corrected chi connectivity index (χ0v) is 7.93. The van der Waals surface area contributed by atoms with Gasteiger partial charge in [0.25, 0.3) is 0 Å². The molecular formula is C10H12F2N2. The van der Waals surface area contributed by atoms with E-state index < -0.39 is 11.6 Å². The molecule has 76 valence electrons. The van der Waals surface area contributed by atoms with E-state index in [1.54, 1.807) is 0 Å². The van der Waals surface area contributed by atoms with E-state index in [-0.39, 0.29) is 5.82 Å². The fourth-order valence-corrected chi connectivity index (χ4v) is 1.57. The van der Waals surface area contributed by atoms with Crippen molar-refractivity contribution in [1.82, 2.24) is 4.98 Å². The van der Waals surface area contributed by atoms with Crippen LogP contribution in [-0.4, -0.2) is 11.0 Å². The molecule has 0 aromatic carbocycles. The van der Waals surface area contributed by atoms with Crippen LogP contribution in [0.2, 0.25) is 0 Å². The highest BCUT2D eigenvalue weighted by atomic mass is 19.1. The fourth-order valence-electron chi connectivity index (χ4n) is 1.57. The molecule has 1 heterocycles. The average Bonchev–Trinajstić information content (AvgIpc) is 2.89. The van der Waals surface area contributed by atoms with Crippen molar-refractivity contribution in [3.63, 3.8) is 0 Å². The molecule has 0 aliphatic heterocycles. The van der Waals surface area contributed by atoms with E-state index in [4.69, 9.17) is 0 Å². The quantitative estimate of drug-likeness (QED) is 0.807. The number of pyridine rings is 1. The third kappa shape index (κ3) is 1.84. The minimum atomic E-state index is -0.643. The molecule has 14 heavy (non-hydrogen) atoms. The molecule has 1 aliphatic rings. The second kappa shape index (κ2) is 3.52. The summed E-state index contributed by atoms with van der Waals surface area (Å²) >= 11 is 0. The summed E-state index contributed by atoms with van der Waals surface area (Å²) in [4.78, 5) is 3.67. The number of hydrogen-bond donors (Lipinski definition) is 1. The number of anilines is 1. The van der Waals surface area contributed by atoms with Gasteiger partial charge in [-0.1, -0.05) is 13.3 Å². The Morgan fingerprint density at radius 1 is 1.57 bits per heavy atom. The lowest BCUT2D eigenvalue weighted by Crippen LogP contribution is -2.08. The number of aromatic nitrogens is 1. The molecule has 2 rings (SSSR count). The minimum Gasteiger partial charge on any atom is -0.365 e. The maximum absolute atomic E-state index is 13.1. The lowest BCUT2D eigenvalue weighted by Gasteiger charge is -2.04. The Hall–Kier alpha value is -1.19. The van der Waals surface area contributed by atoms with Crippen molar-refractivity contribution in [2.75, 3.05) is 5.32 Å². The summed E-state index contributed by atoms with van der Waals surface area (Å²) < 4.78 is 25.6. The van der Waals surface area contributed by atoms with Crippen LogP contribution in [0.4, 0.5) is 14.6 Å². The van der Waals surface area contributed by atoms with E-state index in [9.17, 15) is 8.78 Å². The first kappa shape index (κ1) is 9.37. The van der Waals surface area contributed by atoms with E-state index in [0.29, 0.717) is 12.0 Å². The third-order valence-corrected chi connectivity index (χ3v) is 2.58. The van der Waals surface area contributed by atoms with Gasteiger partial charge in [-0.05, 0) is 12.3 Å². The van der Waals surface area contributed by atoms with Crippen LogP contribution in [0.15, 0.2) is 12.3 Å². The second-order valence-corrected chi connectivity index (χ2v) is 3.64. The van der Waals surface area contributed by atoms with Crippen LogP contribution >= 0.6 is 0 Å². The van der Waals surface area contributed by atoms with Crippen LogP contribution in [0.5, 0.6) is 0 Å². The largest absolute Gasteiger partial charge is 0.365 e. The molecule has 2 nitrogen and oxygen atoms in total. The van der Waals surface area contributed by atoms with Gasteiger partial charge in [0.2, 0.25) is 0 Å². The summed E-state index contributed by atoms with van der Waals surface area (Å²) in [5.74, 6) is -0.490. The van der Waals surface area contributed by atoms with Crippen molar-refractivity contribution in [2.24, 2.45) is 5.92 Å². The molecule has 0 saturated heterocycles. The van der Waals surface area contributed by atoms with E-state index in [1.807, 2.05) is 0 Å². The maximum atomic E-state index is 13.1. The summed E-state index contributed by atoms with van der Waals surface area (Å²) in [6.45, 7) is 2.10. The normalized spacial score (nSPS) is 24.8. The first-order valence-electron chi connectivity index (χ1n) is 4.78. The SMILES string of the molecule is CCC1CC1Nc1ncc(F)cc1F. The topological polar surface area (TPSA) is 24.9 Å². The lowest BCUT2D eigenvalue weighted by atomic mass is 10.3. The van der Waals surface area contributed by atoms with Crippen LogP contribution in [-0.2, 0) is 0 Å². The molecule has 0 bridgehead atoms. The Bertz CT molecular complexity index is 341. The summed E-state index contributed by atoms with van der Waals surface area (Å²) in [5, 5.41) is 2.96. The van der Waals surface area contributed by atoms with Crippen molar-refractivity contribution in [2.45, 2.75) is 25.8 Å². The van der Waals surface area contributed by atoms with Gasteiger partial charge in [0.15, 0.2) is 11.6 Å². The van der Waals surface area contributed by atoms with E-state index in [1.165, 1.54) is 0 Å². The number of halogens is 2. The molecule has 2 unspecified atom stereocenters. The van der Waals surface area contributed by atoms with Gasteiger partial charge in [0.1, 0.15) is 5.82 Å². The second-order valence-electron chi connectivity index (χ2n) is 3.64. The van der Waals surface area contributed by atoms with Gasteiger partial charge in [-0.15, -0.1) is 0 Å². The van der Waals surface area contributed by atoms with Gasteiger partial charge in [0.05, 0.1) is 6.20 Å². The molecule has 1 aliphatic carbocycles. The van der Waals surface area contributed by atoms with Crippen molar-refractivity contribution >= 4 is 5.82 Å².